The zero-order valence-electron chi connectivity index (χ0n) is 20.0. The van der Waals surface area contributed by atoms with Crippen LogP contribution in [0.15, 0.2) is 29.2 Å². The number of carbonyl (C=O) groups is 2. The number of sulfonamides is 1. The van der Waals surface area contributed by atoms with Crippen LogP contribution >= 0.6 is 0 Å². The number of halogens is 3. The fourth-order valence-electron chi connectivity index (χ4n) is 5.17. The molecule has 3 rings (SSSR count). The highest BCUT2D eigenvalue weighted by Gasteiger charge is 2.47. The minimum Gasteiger partial charge on any atom is -0.465 e. The summed E-state index contributed by atoms with van der Waals surface area (Å²) in [7, 11) is -4.14. The summed E-state index contributed by atoms with van der Waals surface area (Å²) in [4.78, 5) is 25.4. The smallest absolute Gasteiger partial charge is 0.416 e. The van der Waals surface area contributed by atoms with E-state index >= 15 is 0 Å². The lowest BCUT2D eigenvalue weighted by molar-refractivity contribution is -0.137. The van der Waals surface area contributed by atoms with Gasteiger partial charge in [-0.25, -0.2) is 13.2 Å². The van der Waals surface area contributed by atoms with Gasteiger partial charge in [-0.05, 0) is 62.1 Å². The summed E-state index contributed by atoms with van der Waals surface area (Å²) in [5.74, 6) is -0.562. The third-order valence-corrected chi connectivity index (χ3v) is 8.74. The molecule has 1 saturated heterocycles. The number of nitrogens with one attached hydrogen (secondary N) is 1. The van der Waals surface area contributed by atoms with E-state index < -0.39 is 44.7 Å². The number of carboxylic acid groups (broad SMARTS) is 1. The number of nitrogens with zero attached hydrogens (tertiary/aromatic N) is 2. The van der Waals surface area contributed by atoms with Crippen LogP contribution in [-0.2, 0) is 21.0 Å². The van der Waals surface area contributed by atoms with Gasteiger partial charge in [0.1, 0.15) is 6.04 Å². The quantitative estimate of drug-likeness (QED) is 0.546. The molecule has 1 aliphatic carbocycles. The second-order valence-corrected chi connectivity index (χ2v) is 11.6. The fourth-order valence-corrected chi connectivity index (χ4v) is 6.75. The van der Waals surface area contributed by atoms with Gasteiger partial charge in [-0.15, -0.1) is 0 Å². The molecule has 2 aliphatic rings. The summed E-state index contributed by atoms with van der Waals surface area (Å²) in [5, 5.41) is 12.5. The van der Waals surface area contributed by atoms with E-state index in [0.717, 1.165) is 23.1 Å². The first kappa shape index (κ1) is 27.3. The summed E-state index contributed by atoms with van der Waals surface area (Å²) in [6.45, 7) is 5.86. The van der Waals surface area contributed by atoms with Crippen LogP contribution in [0.4, 0.5) is 18.0 Å². The largest absolute Gasteiger partial charge is 0.465 e. The maximum atomic E-state index is 13.1. The minimum absolute atomic E-state index is 0.0359. The van der Waals surface area contributed by atoms with Gasteiger partial charge in [0.05, 0.1) is 10.5 Å². The van der Waals surface area contributed by atoms with Gasteiger partial charge in [0.2, 0.25) is 15.9 Å². The summed E-state index contributed by atoms with van der Waals surface area (Å²) >= 11 is 0. The van der Waals surface area contributed by atoms with Crippen LogP contribution in [0, 0.1) is 17.8 Å². The first-order valence-electron chi connectivity index (χ1n) is 11.7. The van der Waals surface area contributed by atoms with E-state index in [1.54, 1.807) is 6.92 Å². The fraction of sp³-hybridized carbons (Fsp3) is 0.652. The van der Waals surface area contributed by atoms with E-state index in [-0.39, 0.29) is 43.4 Å². The Morgan fingerprint density at radius 2 is 1.91 bits per heavy atom. The van der Waals surface area contributed by atoms with Crippen molar-refractivity contribution in [1.82, 2.24) is 14.5 Å². The van der Waals surface area contributed by atoms with Crippen LogP contribution < -0.4 is 5.32 Å². The molecule has 4 atom stereocenters. The number of likely N-dealkylation sites (N-methyl/N-ethyl adjacent to an activating group) is 1. The van der Waals surface area contributed by atoms with Crippen molar-refractivity contribution in [3.05, 3.63) is 29.8 Å². The van der Waals surface area contributed by atoms with Gasteiger partial charge in [0.25, 0.3) is 0 Å². The molecule has 196 valence electrons. The molecule has 35 heavy (non-hydrogen) atoms. The monoisotopic (exact) mass is 519 g/mol. The number of rotatable bonds is 8. The van der Waals surface area contributed by atoms with Gasteiger partial charge < -0.3 is 10.4 Å². The molecule has 0 spiro atoms. The number of fused-ring (bicyclic) bond motifs is 1. The van der Waals surface area contributed by atoms with Gasteiger partial charge in [-0.2, -0.15) is 17.5 Å². The van der Waals surface area contributed by atoms with Crippen molar-refractivity contribution >= 4 is 22.0 Å². The molecule has 1 aromatic rings. The molecule has 2 N–H and O–H groups in total. The van der Waals surface area contributed by atoms with Crippen LogP contribution in [0.5, 0.6) is 0 Å². The topological polar surface area (TPSA) is 107 Å². The average Bonchev–Trinajstić information content (AvgIpc) is 3.35. The van der Waals surface area contributed by atoms with Crippen molar-refractivity contribution in [2.75, 3.05) is 19.6 Å². The van der Waals surface area contributed by atoms with Crippen molar-refractivity contribution in [3.8, 4) is 0 Å². The summed E-state index contributed by atoms with van der Waals surface area (Å²) < 4.78 is 66.6. The van der Waals surface area contributed by atoms with E-state index in [2.05, 4.69) is 5.32 Å². The van der Waals surface area contributed by atoms with Crippen molar-refractivity contribution in [2.24, 2.45) is 17.8 Å². The molecule has 2 fully saturated rings. The molecule has 0 bridgehead atoms. The van der Waals surface area contributed by atoms with E-state index in [4.69, 9.17) is 0 Å². The first-order chi connectivity index (χ1) is 16.3. The molecule has 12 heteroatoms. The van der Waals surface area contributed by atoms with Gasteiger partial charge in [-0.1, -0.05) is 19.9 Å². The minimum atomic E-state index is -4.66. The molecular weight excluding hydrogens is 487 g/mol. The molecular formula is C23H32F3N3O5S. The van der Waals surface area contributed by atoms with Gasteiger partial charge in [0, 0.05) is 25.7 Å². The molecule has 1 saturated carbocycles. The van der Waals surface area contributed by atoms with Crippen LogP contribution in [-0.4, -0.2) is 66.4 Å². The molecule has 2 amide bonds. The lowest BCUT2D eigenvalue weighted by atomic mass is 9.96. The Morgan fingerprint density at radius 1 is 1.23 bits per heavy atom. The van der Waals surface area contributed by atoms with Crippen molar-refractivity contribution in [2.45, 2.75) is 63.2 Å². The third-order valence-electron chi connectivity index (χ3n) is 6.91. The zero-order chi connectivity index (χ0) is 26.1. The average molecular weight is 520 g/mol. The predicted molar refractivity (Wildman–Crippen MR) is 122 cm³/mol. The predicted octanol–water partition coefficient (Wildman–Crippen LogP) is 3.64. The Balaban J connectivity index is 1.74. The molecule has 1 aromatic carbocycles. The highest BCUT2D eigenvalue weighted by Crippen LogP contribution is 2.41. The highest BCUT2D eigenvalue weighted by atomic mass is 32.2. The van der Waals surface area contributed by atoms with E-state index in [1.165, 1.54) is 4.31 Å². The lowest BCUT2D eigenvalue weighted by Crippen LogP contribution is -2.53. The van der Waals surface area contributed by atoms with Crippen LogP contribution in [0.2, 0.25) is 0 Å². The summed E-state index contributed by atoms with van der Waals surface area (Å²) in [6.07, 6.45) is -4.20. The second kappa shape index (κ2) is 10.3. The van der Waals surface area contributed by atoms with E-state index in [0.29, 0.717) is 25.3 Å². The standard InChI is InChI=1S/C23H32F3N3O5S/c1-4-29(22(31)32)20(10-14(2)3)21(30)27-19-9-8-15-12-28(13-18(15)19)35(33,34)17-7-5-6-16(11-17)23(24,25)26/h5-7,11,14-15,18-20H,4,8-10,12-13H2,1-3H3,(H,27,30)(H,31,32)/t15-,18+,19+,20+/m1/s1. The number of hydrogen-bond donors (Lipinski definition) is 2. The Labute approximate surface area is 203 Å². The summed E-state index contributed by atoms with van der Waals surface area (Å²) in [6, 6.07) is 2.50. The molecule has 0 unspecified atom stereocenters. The van der Waals surface area contributed by atoms with E-state index in [1.807, 2.05) is 13.8 Å². The van der Waals surface area contributed by atoms with Crippen LogP contribution in [0.25, 0.3) is 0 Å². The van der Waals surface area contributed by atoms with Crippen molar-refractivity contribution in [1.29, 1.82) is 0 Å². The number of alkyl halides is 3. The van der Waals surface area contributed by atoms with Crippen molar-refractivity contribution in [3.63, 3.8) is 0 Å². The number of amides is 2. The third kappa shape index (κ3) is 5.91. The van der Waals surface area contributed by atoms with Gasteiger partial charge >= 0.3 is 12.3 Å². The Morgan fingerprint density at radius 3 is 2.49 bits per heavy atom. The maximum Gasteiger partial charge on any atom is 0.416 e. The molecule has 1 aliphatic heterocycles. The molecule has 8 nitrogen and oxygen atoms in total. The first-order valence-corrected chi connectivity index (χ1v) is 13.2. The number of hydrogen-bond acceptors (Lipinski definition) is 4. The van der Waals surface area contributed by atoms with E-state index in [9.17, 15) is 36.3 Å². The molecule has 0 radical (unpaired) electrons. The molecule has 1 heterocycles. The maximum absolute atomic E-state index is 13.1. The lowest BCUT2D eigenvalue weighted by Gasteiger charge is -2.31. The van der Waals surface area contributed by atoms with Gasteiger partial charge in [-0.3, -0.25) is 9.69 Å². The Bertz CT molecular complexity index is 1050. The number of carbonyl (C=O) groups excluding carboxylic acids is 1. The zero-order valence-corrected chi connectivity index (χ0v) is 20.8. The van der Waals surface area contributed by atoms with Crippen LogP contribution in [0.1, 0.15) is 45.6 Å². The number of benzene rings is 1. The van der Waals surface area contributed by atoms with Crippen LogP contribution in [0.3, 0.4) is 0 Å². The Kier molecular flexibility index (Phi) is 8.05. The normalized spacial score (nSPS) is 23.8. The van der Waals surface area contributed by atoms with Crippen molar-refractivity contribution < 1.29 is 36.3 Å². The summed E-state index contributed by atoms with van der Waals surface area (Å²) in [5.41, 5.74) is -1.03. The Hall–Kier alpha value is -2.34. The SMILES string of the molecule is CCN(C(=O)O)[C@@H](CC(C)C)C(=O)N[C@H]1CC[C@@H]2CN(S(=O)(=O)c3cccc(C(F)(F)F)c3)C[C@@H]21. The second-order valence-electron chi connectivity index (χ2n) is 9.68. The highest BCUT2D eigenvalue weighted by molar-refractivity contribution is 7.89. The van der Waals surface area contributed by atoms with Gasteiger partial charge in [0.15, 0.2) is 0 Å². The molecule has 0 aromatic heterocycles.